The van der Waals surface area contributed by atoms with Gasteiger partial charge in [0.05, 0.1) is 4.90 Å². The van der Waals surface area contributed by atoms with Crippen molar-refractivity contribution >= 4 is 27.4 Å². The summed E-state index contributed by atoms with van der Waals surface area (Å²) in [6.07, 6.45) is 3.88. The minimum atomic E-state index is -3.57. The number of nitrogens with one attached hydrogen (secondary N) is 1. The SMILES string of the molecule is CC(=O)c1ccc(NC(=O)c2ccc(S(=O)(=O)N(C)C3CCCC3)cc2)cc1. The van der Waals surface area contributed by atoms with Gasteiger partial charge >= 0.3 is 0 Å². The number of hydrogen-bond donors (Lipinski definition) is 1. The molecule has 1 N–H and O–H groups in total. The van der Waals surface area contributed by atoms with Gasteiger partial charge in [0.1, 0.15) is 0 Å². The molecule has 0 saturated heterocycles. The van der Waals surface area contributed by atoms with Crippen LogP contribution in [0, 0.1) is 0 Å². The van der Waals surface area contributed by atoms with Crippen LogP contribution in [-0.4, -0.2) is 37.5 Å². The summed E-state index contributed by atoms with van der Waals surface area (Å²) in [4.78, 5) is 23.9. The van der Waals surface area contributed by atoms with Gasteiger partial charge in [0.15, 0.2) is 5.78 Å². The van der Waals surface area contributed by atoms with Gasteiger partial charge in [-0.1, -0.05) is 12.8 Å². The lowest BCUT2D eigenvalue weighted by atomic mass is 10.1. The minimum Gasteiger partial charge on any atom is -0.322 e. The number of ketones is 1. The van der Waals surface area contributed by atoms with Crippen molar-refractivity contribution < 1.29 is 18.0 Å². The summed E-state index contributed by atoms with van der Waals surface area (Å²) < 4.78 is 27.0. The van der Waals surface area contributed by atoms with Crippen molar-refractivity contribution in [2.75, 3.05) is 12.4 Å². The molecule has 148 valence electrons. The van der Waals surface area contributed by atoms with E-state index in [9.17, 15) is 18.0 Å². The second-order valence-corrected chi connectivity index (χ2v) is 9.07. The van der Waals surface area contributed by atoms with Crippen LogP contribution in [0.3, 0.4) is 0 Å². The van der Waals surface area contributed by atoms with Crippen LogP contribution in [0.15, 0.2) is 53.4 Å². The fourth-order valence-corrected chi connectivity index (χ4v) is 4.82. The molecule has 2 aromatic rings. The van der Waals surface area contributed by atoms with E-state index in [2.05, 4.69) is 5.32 Å². The van der Waals surface area contributed by atoms with Crippen molar-refractivity contribution in [3.05, 3.63) is 59.7 Å². The average Bonchev–Trinajstić information content (AvgIpc) is 3.22. The van der Waals surface area contributed by atoms with Crippen molar-refractivity contribution in [1.82, 2.24) is 4.31 Å². The number of anilines is 1. The molecule has 0 bridgehead atoms. The fourth-order valence-electron chi connectivity index (χ4n) is 3.40. The number of benzene rings is 2. The van der Waals surface area contributed by atoms with Gasteiger partial charge in [-0.05, 0) is 68.3 Å². The number of Topliss-reactive ketones (excluding diaryl/α,β-unsaturated/α-hetero) is 1. The minimum absolute atomic E-state index is 0.0442. The molecule has 0 unspecified atom stereocenters. The molecule has 0 atom stereocenters. The van der Waals surface area contributed by atoms with E-state index in [-0.39, 0.29) is 22.6 Å². The second-order valence-electron chi connectivity index (χ2n) is 7.07. The lowest BCUT2D eigenvalue weighted by molar-refractivity contribution is 0.101. The number of rotatable bonds is 6. The van der Waals surface area contributed by atoms with Crippen LogP contribution in [0.4, 0.5) is 5.69 Å². The van der Waals surface area contributed by atoms with E-state index in [0.29, 0.717) is 16.8 Å². The summed E-state index contributed by atoms with van der Waals surface area (Å²) in [5, 5.41) is 2.74. The normalized spacial score (nSPS) is 15.0. The molecule has 1 aliphatic rings. The highest BCUT2D eigenvalue weighted by Crippen LogP contribution is 2.27. The molecule has 1 aliphatic carbocycles. The molecule has 7 heteroatoms. The molecule has 0 aliphatic heterocycles. The van der Waals surface area contributed by atoms with E-state index in [1.54, 1.807) is 31.3 Å². The third kappa shape index (κ3) is 4.31. The van der Waals surface area contributed by atoms with Crippen LogP contribution in [0.1, 0.15) is 53.3 Å². The van der Waals surface area contributed by atoms with Gasteiger partial charge in [-0.15, -0.1) is 0 Å². The molecular formula is C21H24N2O4S. The van der Waals surface area contributed by atoms with Crippen molar-refractivity contribution in [2.45, 2.75) is 43.5 Å². The monoisotopic (exact) mass is 400 g/mol. The van der Waals surface area contributed by atoms with Crippen LogP contribution in [-0.2, 0) is 10.0 Å². The zero-order valence-corrected chi connectivity index (χ0v) is 16.8. The third-order valence-electron chi connectivity index (χ3n) is 5.18. The van der Waals surface area contributed by atoms with Crippen molar-refractivity contribution in [3.63, 3.8) is 0 Å². The van der Waals surface area contributed by atoms with Gasteiger partial charge in [-0.2, -0.15) is 4.31 Å². The molecule has 1 saturated carbocycles. The zero-order chi connectivity index (χ0) is 20.3. The fraction of sp³-hybridized carbons (Fsp3) is 0.333. The highest BCUT2D eigenvalue weighted by Gasteiger charge is 2.30. The highest BCUT2D eigenvalue weighted by atomic mass is 32.2. The summed E-state index contributed by atoms with van der Waals surface area (Å²) in [6, 6.07) is 12.6. The predicted molar refractivity (Wildman–Crippen MR) is 108 cm³/mol. The Balaban J connectivity index is 1.70. The number of carbonyl (C=O) groups excluding carboxylic acids is 2. The van der Waals surface area contributed by atoms with E-state index >= 15 is 0 Å². The van der Waals surface area contributed by atoms with Gasteiger partial charge in [0.2, 0.25) is 10.0 Å². The third-order valence-corrected chi connectivity index (χ3v) is 7.11. The largest absolute Gasteiger partial charge is 0.322 e. The average molecular weight is 401 g/mol. The van der Waals surface area contributed by atoms with Gasteiger partial charge < -0.3 is 5.32 Å². The van der Waals surface area contributed by atoms with Crippen LogP contribution in [0.2, 0.25) is 0 Å². The number of nitrogens with zero attached hydrogens (tertiary/aromatic N) is 1. The molecule has 0 heterocycles. The summed E-state index contributed by atoms with van der Waals surface area (Å²) >= 11 is 0. The number of sulfonamides is 1. The molecule has 1 fully saturated rings. The molecule has 3 rings (SSSR count). The standard InChI is InChI=1S/C21H24N2O4S/c1-15(24)16-7-11-18(12-8-16)22-21(25)17-9-13-20(14-10-17)28(26,27)23(2)19-5-3-4-6-19/h7-14,19H,3-6H2,1-2H3,(H,22,25). The Kier molecular flexibility index (Phi) is 5.96. The van der Waals surface area contributed by atoms with Crippen LogP contribution in [0.5, 0.6) is 0 Å². The summed E-state index contributed by atoms with van der Waals surface area (Å²) in [6.45, 7) is 1.48. The van der Waals surface area contributed by atoms with Crippen LogP contribution >= 0.6 is 0 Å². The molecule has 2 aromatic carbocycles. The summed E-state index contributed by atoms with van der Waals surface area (Å²) in [7, 11) is -1.95. The quantitative estimate of drug-likeness (QED) is 0.750. The number of hydrogen-bond acceptors (Lipinski definition) is 4. The van der Waals surface area contributed by atoms with Crippen molar-refractivity contribution in [1.29, 1.82) is 0 Å². The Bertz CT molecular complexity index is 960. The predicted octanol–water partition coefficient (Wildman–Crippen LogP) is 3.70. The lowest BCUT2D eigenvalue weighted by Gasteiger charge is -2.23. The molecular weight excluding hydrogens is 376 g/mol. The van der Waals surface area contributed by atoms with E-state index in [4.69, 9.17) is 0 Å². The molecule has 28 heavy (non-hydrogen) atoms. The first-order valence-corrected chi connectivity index (χ1v) is 10.7. The Morgan fingerprint density at radius 1 is 0.929 bits per heavy atom. The Labute approximate surface area is 165 Å². The topological polar surface area (TPSA) is 83.5 Å². The molecule has 1 amide bonds. The first-order valence-electron chi connectivity index (χ1n) is 9.29. The van der Waals surface area contributed by atoms with Crippen LogP contribution in [0.25, 0.3) is 0 Å². The van der Waals surface area contributed by atoms with Gasteiger partial charge in [0, 0.05) is 29.9 Å². The Morgan fingerprint density at radius 2 is 1.46 bits per heavy atom. The zero-order valence-electron chi connectivity index (χ0n) is 16.0. The van der Waals surface area contributed by atoms with Crippen molar-refractivity contribution in [2.24, 2.45) is 0 Å². The first-order chi connectivity index (χ1) is 13.3. The van der Waals surface area contributed by atoms with E-state index in [1.165, 1.54) is 35.5 Å². The second kappa shape index (κ2) is 8.24. The van der Waals surface area contributed by atoms with Gasteiger partial charge in [0.25, 0.3) is 5.91 Å². The maximum absolute atomic E-state index is 12.8. The molecule has 0 aromatic heterocycles. The van der Waals surface area contributed by atoms with E-state index in [1.807, 2.05) is 0 Å². The lowest BCUT2D eigenvalue weighted by Crippen LogP contribution is -2.35. The molecule has 6 nitrogen and oxygen atoms in total. The van der Waals surface area contributed by atoms with Gasteiger partial charge in [-0.25, -0.2) is 8.42 Å². The van der Waals surface area contributed by atoms with Gasteiger partial charge in [-0.3, -0.25) is 9.59 Å². The van der Waals surface area contributed by atoms with Crippen molar-refractivity contribution in [3.8, 4) is 0 Å². The maximum Gasteiger partial charge on any atom is 0.255 e. The smallest absolute Gasteiger partial charge is 0.255 e. The number of amides is 1. The summed E-state index contributed by atoms with van der Waals surface area (Å²) in [5.74, 6) is -0.388. The molecule has 0 radical (unpaired) electrons. The number of carbonyl (C=O) groups is 2. The van der Waals surface area contributed by atoms with Crippen LogP contribution < -0.4 is 5.32 Å². The first kappa shape index (κ1) is 20.2. The van der Waals surface area contributed by atoms with E-state index < -0.39 is 10.0 Å². The summed E-state index contributed by atoms with van der Waals surface area (Å²) in [5.41, 5.74) is 1.49. The Hall–Kier alpha value is -2.51. The maximum atomic E-state index is 12.8. The molecule has 0 spiro atoms. The Morgan fingerprint density at radius 3 is 2.00 bits per heavy atom. The van der Waals surface area contributed by atoms with E-state index in [0.717, 1.165) is 25.7 Å². The highest BCUT2D eigenvalue weighted by molar-refractivity contribution is 7.89.